The summed E-state index contributed by atoms with van der Waals surface area (Å²) in [5.74, 6) is 1.03. The van der Waals surface area contributed by atoms with E-state index in [0.717, 1.165) is 31.2 Å². The molecule has 1 aromatic rings. The lowest BCUT2D eigenvalue weighted by Crippen LogP contribution is -2.41. The van der Waals surface area contributed by atoms with Crippen LogP contribution in [0.2, 0.25) is 0 Å². The quantitative estimate of drug-likeness (QED) is 0.688. The molecule has 3 rings (SSSR count). The van der Waals surface area contributed by atoms with Gasteiger partial charge < -0.3 is 10.2 Å². The predicted molar refractivity (Wildman–Crippen MR) is 93.1 cm³/mol. The van der Waals surface area contributed by atoms with Crippen molar-refractivity contribution in [2.75, 3.05) is 19.6 Å². The van der Waals surface area contributed by atoms with Crippen LogP contribution in [0.15, 0.2) is 29.3 Å². The number of guanidine groups is 1. The summed E-state index contributed by atoms with van der Waals surface area (Å²) in [6, 6.07) is 9.92. The fourth-order valence-corrected chi connectivity index (χ4v) is 3.98. The first-order valence-electron chi connectivity index (χ1n) is 8.77. The first kappa shape index (κ1) is 15.9. The second kappa shape index (κ2) is 7.04. The number of nitriles is 1. The first-order chi connectivity index (χ1) is 11.2. The Morgan fingerprint density at radius 2 is 2.17 bits per heavy atom. The molecule has 0 atom stereocenters. The Morgan fingerprint density at radius 1 is 1.35 bits per heavy atom. The molecule has 1 saturated carbocycles. The maximum atomic E-state index is 9.01. The minimum absolute atomic E-state index is 0.552. The third-order valence-corrected chi connectivity index (χ3v) is 5.20. The van der Waals surface area contributed by atoms with E-state index in [4.69, 9.17) is 10.3 Å². The molecule has 1 aliphatic carbocycles. The van der Waals surface area contributed by atoms with E-state index in [-0.39, 0.29) is 0 Å². The van der Waals surface area contributed by atoms with Crippen molar-refractivity contribution in [2.24, 2.45) is 10.4 Å². The fraction of sp³-hybridized carbons (Fsp3) is 0.579. The van der Waals surface area contributed by atoms with Crippen LogP contribution < -0.4 is 5.32 Å². The lowest BCUT2D eigenvalue weighted by Gasteiger charge is -2.26. The van der Waals surface area contributed by atoms with E-state index >= 15 is 0 Å². The largest absolute Gasteiger partial charge is 0.357 e. The van der Waals surface area contributed by atoms with Crippen molar-refractivity contribution in [1.29, 1.82) is 5.26 Å². The van der Waals surface area contributed by atoms with Gasteiger partial charge in [0.1, 0.15) is 0 Å². The highest BCUT2D eigenvalue weighted by Gasteiger charge is 2.41. The van der Waals surface area contributed by atoms with Gasteiger partial charge in [0.25, 0.3) is 0 Å². The van der Waals surface area contributed by atoms with Gasteiger partial charge in [-0.05, 0) is 49.3 Å². The number of aliphatic imine (C=N–C) groups is 1. The maximum absolute atomic E-state index is 9.01. The molecule has 0 radical (unpaired) electrons. The second-order valence-electron chi connectivity index (χ2n) is 6.86. The SMILES string of the molecule is CCNC(=NCc1cccc(C#N)c1)N1CCC2(CCCC2)C1. The van der Waals surface area contributed by atoms with Crippen molar-refractivity contribution >= 4 is 5.96 Å². The summed E-state index contributed by atoms with van der Waals surface area (Å²) in [4.78, 5) is 7.25. The number of rotatable bonds is 3. The third-order valence-electron chi connectivity index (χ3n) is 5.20. The van der Waals surface area contributed by atoms with Crippen LogP contribution in [0.5, 0.6) is 0 Å². The van der Waals surface area contributed by atoms with Gasteiger partial charge in [0.2, 0.25) is 0 Å². The molecule has 0 bridgehead atoms. The molecule has 1 heterocycles. The highest BCUT2D eigenvalue weighted by molar-refractivity contribution is 5.80. The fourth-order valence-electron chi connectivity index (χ4n) is 3.98. The van der Waals surface area contributed by atoms with Crippen LogP contribution >= 0.6 is 0 Å². The molecule has 1 spiro atoms. The first-order valence-corrected chi connectivity index (χ1v) is 8.77. The van der Waals surface area contributed by atoms with Crippen molar-refractivity contribution in [3.05, 3.63) is 35.4 Å². The van der Waals surface area contributed by atoms with E-state index < -0.39 is 0 Å². The van der Waals surface area contributed by atoms with Crippen LogP contribution in [0.25, 0.3) is 0 Å². The normalized spacial score (nSPS) is 20.0. The summed E-state index contributed by atoms with van der Waals surface area (Å²) in [6.45, 7) is 5.90. The summed E-state index contributed by atoms with van der Waals surface area (Å²) in [5, 5.41) is 12.4. The summed E-state index contributed by atoms with van der Waals surface area (Å²) >= 11 is 0. The van der Waals surface area contributed by atoms with Crippen LogP contribution in [0.3, 0.4) is 0 Å². The lowest BCUT2D eigenvalue weighted by molar-refractivity contribution is 0.309. The number of nitrogens with zero attached hydrogens (tertiary/aromatic N) is 3. The highest BCUT2D eigenvalue weighted by atomic mass is 15.3. The zero-order valence-electron chi connectivity index (χ0n) is 14.0. The van der Waals surface area contributed by atoms with E-state index in [1.54, 1.807) is 0 Å². The van der Waals surface area contributed by atoms with Crippen LogP contribution in [-0.2, 0) is 6.54 Å². The van der Waals surface area contributed by atoms with Gasteiger partial charge >= 0.3 is 0 Å². The lowest BCUT2D eigenvalue weighted by atomic mass is 9.86. The monoisotopic (exact) mass is 310 g/mol. The number of likely N-dealkylation sites (tertiary alicyclic amines) is 1. The standard InChI is InChI=1S/C19H26N4/c1-2-21-18(22-14-17-7-5-6-16(12-17)13-20)23-11-10-19(15-23)8-3-4-9-19/h5-7,12H,2-4,8-11,14-15H2,1H3,(H,21,22). The molecule has 122 valence electrons. The zero-order chi connectivity index (χ0) is 16.1. The van der Waals surface area contributed by atoms with Crippen LogP contribution in [-0.4, -0.2) is 30.5 Å². The van der Waals surface area contributed by atoms with Gasteiger partial charge in [-0.2, -0.15) is 5.26 Å². The average Bonchev–Trinajstić information content (AvgIpc) is 3.22. The summed E-state index contributed by atoms with van der Waals surface area (Å²) in [5.41, 5.74) is 2.35. The van der Waals surface area contributed by atoms with Gasteiger partial charge in [0, 0.05) is 19.6 Å². The van der Waals surface area contributed by atoms with E-state index in [2.05, 4.69) is 23.2 Å². The highest BCUT2D eigenvalue weighted by Crippen LogP contribution is 2.45. The van der Waals surface area contributed by atoms with Crippen LogP contribution in [0.1, 0.15) is 50.2 Å². The molecule has 2 aliphatic rings. The van der Waals surface area contributed by atoms with Crippen molar-refractivity contribution in [3.8, 4) is 6.07 Å². The molecule has 23 heavy (non-hydrogen) atoms. The van der Waals surface area contributed by atoms with Gasteiger partial charge in [-0.25, -0.2) is 4.99 Å². The second-order valence-corrected chi connectivity index (χ2v) is 6.86. The summed E-state index contributed by atoms with van der Waals surface area (Å²) in [6.07, 6.45) is 6.85. The Hall–Kier alpha value is -2.02. The van der Waals surface area contributed by atoms with Gasteiger partial charge in [-0.1, -0.05) is 25.0 Å². The molecule has 0 unspecified atom stereocenters. The maximum Gasteiger partial charge on any atom is 0.194 e. The molecule has 4 heteroatoms. The molecule has 1 aromatic carbocycles. The molecule has 1 aliphatic heterocycles. The van der Waals surface area contributed by atoms with Gasteiger partial charge in [-0.15, -0.1) is 0 Å². The molecule has 4 nitrogen and oxygen atoms in total. The Labute approximate surface area is 139 Å². The minimum atomic E-state index is 0.552. The average molecular weight is 310 g/mol. The van der Waals surface area contributed by atoms with Crippen molar-refractivity contribution < 1.29 is 0 Å². The van der Waals surface area contributed by atoms with Gasteiger partial charge in [0.05, 0.1) is 18.2 Å². The van der Waals surface area contributed by atoms with Gasteiger partial charge in [-0.3, -0.25) is 0 Å². The molecule has 0 aromatic heterocycles. The predicted octanol–water partition coefficient (Wildman–Crippen LogP) is 3.29. The number of hydrogen-bond donors (Lipinski definition) is 1. The zero-order valence-corrected chi connectivity index (χ0v) is 14.0. The minimum Gasteiger partial charge on any atom is -0.357 e. The molecule has 1 saturated heterocycles. The third kappa shape index (κ3) is 3.67. The van der Waals surface area contributed by atoms with E-state index in [9.17, 15) is 0 Å². The van der Waals surface area contributed by atoms with Crippen molar-refractivity contribution in [1.82, 2.24) is 10.2 Å². The Balaban J connectivity index is 1.69. The number of nitrogens with one attached hydrogen (secondary N) is 1. The number of hydrogen-bond acceptors (Lipinski definition) is 2. The Morgan fingerprint density at radius 3 is 2.91 bits per heavy atom. The van der Waals surface area contributed by atoms with Crippen molar-refractivity contribution in [3.63, 3.8) is 0 Å². The van der Waals surface area contributed by atoms with Crippen LogP contribution in [0.4, 0.5) is 0 Å². The Kier molecular flexibility index (Phi) is 4.85. The van der Waals surface area contributed by atoms with Gasteiger partial charge in [0.15, 0.2) is 5.96 Å². The van der Waals surface area contributed by atoms with Crippen molar-refractivity contribution in [2.45, 2.75) is 45.6 Å². The molecule has 1 N–H and O–H groups in total. The Bertz CT molecular complexity index is 608. The number of benzene rings is 1. The summed E-state index contributed by atoms with van der Waals surface area (Å²) in [7, 11) is 0. The molecular weight excluding hydrogens is 284 g/mol. The van der Waals surface area contributed by atoms with Crippen LogP contribution in [0, 0.1) is 16.7 Å². The van der Waals surface area contributed by atoms with E-state index in [0.29, 0.717) is 17.5 Å². The smallest absolute Gasteiger partial charge is 0.194 e. The topological polar surface area (TPSA) is 51.4 Å². The molecule has 0 amide bonds. The molecule has 2 fully saturated rings. The molecular formula is C19H26N4. The summed E-state index contributed by atoms with van der Waals surface area (Å²) < 4.78 is 0. The van der Waals surface area contributed by atoms with E-state index in [1.165, 1.54) is 32.1 Å². The van der Waals surface area contributed by atoms with E-state index in [1.807, 2.05) is 24.3 Å².